The molecule has 0 aliphatic carbocycles. The van der Waals surface area contributed by atoms with Crippen molar-refractivity contribution in [3.8, 4) is 11.8 Å². The summed E-state index contributed by atoms with van der Waals surface area (Å²) in [6.07, 6.45) is 0. The number of fused-ring (bicyclic) bond motifs is 1. The Hall–Kier alpha value is -4.07. The van der Waals surface area contributed by atoms with Crippen LogP contribution in [0.4, 0.5) is 23.0 Å². The fourth-order valence-corrected chi connectivity index (χ4v) is 3.93. The number of rotatable bonds is 7. The summed E-state index contributed by atoms with van der Waals surface area (Å²) in [5.41, 5.74) is 1.40. The number of hydrogen-bond donors (Lipinski definition) is 3. The number of aryl methyl sites for hydroxylation is 1. The lowest BCUT2D eigenvalue weighted by atomic mass is 9.96. The van der Waals surface area contributed by atoms with Crippen LogP contribution in [0.1, 0.15) is 25.1 Å². The zero-order chi connectivity index (χ0) is 25.3. The molecule has 180 valence electrons. The van der Waals surface area contributed by atoms with Crippen LogP contribution in [-0.2, 0) is 17.4 Å². The third-order valence-corrected chi connectivity index (χ3v) is 5.97. The standard InChI is InChI=1S/C24H24ClN7O3/c1-24(2,35-5)13-9-10-18(28-17(13)12-26)29-19-11-16(20-22(30-19)31-32(3)23(20)33)27-15-8-6-7-14(25)21(15)34-4/h6-11H,1-5H3,(H3,27,28,29,30,31). The molecular formula is C24H24ClN7O3. The van der Waals surface area contributed by atoms with E-state index in [0.717, 1.165) is 0 Å². The lowest BCUT2D eigenvalue weighted by Crippen LogP contribution is -2.21. The van der Waals surface area contributed by atoms with Gasteiger partial charge in [0.25, 0.3) is 5.56 Å². The highest BCUT2D eigenvalue weighted by molar-refractivity contribution is 6.32. The number of pyridine rings is 2. The SMILES string of the molecule is COc1c(Cl)cccc1Nc1cc(Nc2ccc(C(C)(C)OC)c(C#N)n2)nc2[nH]n(C)c(=O)c12. The Morgan fingerprint density at radius 3 is 2.57 bits per heavy atom. The molecule has 0 atom stereocenters. The van der Waals surface area contributed by atoms with Crippen LogP contribution in [0.25, 0.3) is 11.0 Å². The van der Waals surface area contributed by atoms with Crippen molar-refractivity contribution >= 4 is 45.6 Å². The van der Waals surface area contributed by atoms with E-state index in [2.05, 4.69) is 31.8 Å². The number of ether oxygens (including phenoxy) is 2. The summed E-state index contributed by atoms with van der Waals surface area (Å²) in [6.45, 7) is 3.72. The van der Waals surface area contributed by atoms with Crippen LogP contribution >= 0.6 is 11.6 Å². The van der Waals surface area contributed by atoms with Crippen LogP contribution < -0.4 is 20.9 Å². The molecule has 1 aromatic carbocycles. The van der Waals surface area contributed by atoms with Crippen LogP contribution in [-0.4, -0.2) is 34.0 Å². The number of nitriles is 1. The number of methoxy groups -OCH3 is 2. The van der Waals surface area contributed by atoms with Crippen molar-refractivity contribution in [1.82, 2.24) is 19.7 Å². The zero-order valence-corrected chi connectivity index (χ0v) is 20.6. The molecule has 3 N–H and O–H groups in total. The fourth-order valence-electron chi connectivity index (χ4n) is 3.68. The molecule has 0 radical (unpaired) electrons. The molecule has 0 amide bonds. The lowest BCUT2D eigenvalue weighted by Gasteiger charge is -2.24. The van der Waals surface area contributed by atoms with Crippen molar-refractivity contribution in [3.63, 3.8) is 0 Å². The Balaban J connectivity index is 1.79. The molecule has 0 saturated heterocycles. The molecule has 0 aliphatic rings. The molecule has 3 heterocycles. The number of para-hydroxylation sites is 1. The van der Waals surface area contributed by atoms with Gasteiger partial charge in [-0.05, 0) is 38.1 Å². The second-order valence-electron chi connectivity index (χ2n) is 8.24. The van der Waals surface area contributed by atoms with E-state index in [1.165, 1.54) is 11.8 Å². The second kappa shape index (κ2) is 9.29. The van der Waals surface area contributed by atoms with Crippen LogP contribution in [0, 0.1) is 11.3 Å². The van der Waals surface area contributed by atoms with Crippen molar-refractivity contribution in [1.29, 1.82) is 5.26 Å². The lowest BCUT2D eigenvalue weighted by molar-refractivity contribution is 0.0187. The van der Waals surface area contributed by atoms with Crippen molar-refractivity contribution in [2.45, 2.75) is 19.4 Å². The molecule has 10 nitrogen and oxygen atoms in total. The van der Waals surface area contributed by atoms with E-state index in [1.54, 1.807) is 50.6 Å². The van der Waals surface area contributed by atoms with E-state index in [1.807, 2.05) is 13.8 Å². The minimum atomic E-state index is -0.676. The average Bonchev–Trinajstić information content (AvgIpc) is 3.12. The van der Waals surface area contributed by atoms with Crippen molar-refractivity contribution in [2.24, 2.45) is 7.05 Å². The van der Waals surface area contributed by atoms with Gasteiger partial charge in [-0.1, -0.05) is 17.7 Å². The Labute approximate surface area is 206 Å². The topological polar surface area (TPSA) is 130 Å². The number of anilines is 4. The molecule has 0 saturated carbocycles. The Bertz CT molecular complexity index is 1520. The summed E-state index contributed by atoms with van der Waals surface area (Å²) in [5.74, 6) is 1.25. The van der Waals surface area contributed by atoms with Gasteiger partial charge in [-0.25, -0.2) is 9.97 Å². The first kappa shape index (κ1) is 24.1. The minimum Gasteiger partial charge on any atom is -0.493 e. The van der Waals surface area contributed by atoms with Crippen LogP contribution in [0.3, 0.4) is 0 Å². The fraction of sp³-hybridized carbons (Fsp3) is 0.250. The van der Waals surface area contributed by atoms with Crippen molar-refractivity contribution in [2.75, 3.05) is 24.9 Å². The van der Waals surface area contributed by atoms with Crippen LogP contribution in [0.15, 0.2) is 41.2 Å². The summed E-state index contributed by atoms with van der Waals surface area (Å²) in [4.78, 5) is 21.7. The number of aromatic nitrogens is 4. The van der Waals surface area contributed by atoms with E-state index < -0.39 is 5.60 Å². The number of hydrogen-bond acceptors (Lipinski definition) is 8. The Morgan fingerprint density at radius 1 is 1.11 bits per heavy atom. The molecule has 4 rings (SSSR count). The summed E-state index contributed by atoms with van der Waals surface area (Å²) in [7, 11) is 4.71. The van der Waals surface area contributed by atoms with E-state index in [-0.39, 0.29) is 11.3 Å². The van der Waals surface area contributed by atoms with E-state index in [9.17, 15) is 10.1 Å². The van der Waals surface area contributed by atoms with Crippen LogP contribution in [0.2, 0.25) is 5.02 Å². The molecule has 0 bridgehead atoms. The van der Waals surface area contributed by atoms with E-state index >= 15 is 0 Å². The monoisotopic (exact) mass is 493 g/mol. The molecule has 0 fully saturated rings. The maximum absolute atomic E-state index is 12.8. The smallest absolute Gasteiger partial charge is 0.277 e. The third-order valence-electron chi connectivity index (χ3n) is 5.67. The predicted octanol–water partition coefficient (Wildman–Crippen LogP) is 4.56. The van der Waals surface area contributed by atoms with Gasteiger partial charge in [0.05, 0.1) is 29.1 Å². The largest absolute Gasteiger partial charge is 0.493 e. The first-order chi connectivity index (χ1) is 16.7. The number of nitrogens with one attached hydrogen (secondary N) is 3. The number of aromatic amines is 1. The molecule has 4 aromatic rings. The second-order valence-corrected chi connectivity index (χ2v) is 8.65. The number of benzene rings is 1. The Kier molecular flexibility index (Phi) is 6.39. The molecule has 0 spiro atoms. The number of H-pyrrole nitrogens is 1. The first-order valence-corrected chi connectivity index (χ1v) is 11.0. The Morgan fingerprint density at radius 2 is 1.89 bits per heavy atom. The highest BCUT2D eigenvalue weighted by Gasteiger charge is 2.24. The van der Waals surface area contributed by atoms with Gasteiger partial charge < -0.3 is 20.1 Å². The van der Waals surface area contributed by atoms with Gasteiger partial charge in [0.15, 0.2) is 11.4 Å². The average molecular weight is 494 g/mol. The van der Waals surface area contributed by atoms with Gasteiger partial charge in [-0.2, -0.15) is 5.26 Å². The maximum Gasteiger partial charge on any atom is 0.277 e. The van der Waals surface area contributed by atoms with E-state index in [4.69, 9.17) is 21.1 Å². The van der Waals surface area contributed by atoms with Gasteiger partial charge in [0, 0.05) is 25.8 Å². The van der Waals surface area contributed by atoms with E-state index in [0.29, 0.717) is 50.4 Å². The molecular weight excluding hydrogens is 470 g/mol. The van der Waals surface area contributed by atoms with Gasteiger partial charge in [-0.15, -0.1) is 0 Å². The highest BCUT2D eigenvalue weighted by Crippen LogP contribution is 2.36. The normalized spacial score (nSPS) is 11.3. The molecule has 35 heavy (non-hydrogen) atoms. The number of nitrogens with zero attached hydrogens (tertiary/aromatic N) is 4. The minimum absolute atomic E-state index is 0.234. The van der Waals surface area contributed by atoms with Gasteiger partial charge >= 0.3 is 0 Å². The van der Waals surface area contributed by atoms with Crippen molar-refractivity contribution < 1.29 is 9.47 Å². The zero-order valence-electron chi connectivity index (χ0n) is 19.9. The number of halogens is 1. The maximum atomic E-state index is 12.8. The molecule has 11 heteroatoms. The highest BCUT2D eigenvalue weighted by atomic mass is 35.5. The summed E-state index contributed by atoms with van der Waals surface area (Å²) in [5, 5.41) is 19.7. The molecule has 3 aromatic heterocycles. The van der Waals surface area contributed by atoms with Crippen molar-refractivity contribution in [3.05, 3.63) is 63.0 Å². The molecule has 0 unspecified atom stereocenters. The first-order valence-electron chi connectivity index (χ1n) is 10.6. The quantitative estimate of drug-likeness (QED) is 0.341. The predicted molar refractivity (Wildman–Crippen MR) is 135 cm³/mol. The summed E-state index contributed by atoms with van der Waals surface area (Å²) in [6, 6.07) is 12.6. The van der Waals surface area contributed by atoms with Gasteiger partial charge in [0.1, 0.15) is 28.8 Å². The van der Waals surface area contributed by atoms with Gasteiger partial charge in [0.2, 0.25) is 0 Å². The summed E-state index contributed by atoms with van der Waals surface area (Å²) >= 11 is 6.27. The third kappa shape index (κ3) is 4.51. The van der Waals surface area contributed by atoms with Gasteiger partial charge in [-0.3, -0.25) is 14.6 Å². The molecule has 0 aliphatic heterocycles. The van der Waals surface area contributed by atoms with Crippen LogP contribution in [0.5, 0.6) is 5.75 Å². The summed E-state index contributed by atoms with van der Waals surface area (Å²) < 4.78 is 12.3.